The zero-order valence-corrected chi connectivity index (χ0v) is 11.9. The molecular weight excluding hydrogens is 256 g/mol. The molecule has 1 aromatic carbocycles. The van der Waals surface area contributed by atoms with Crippen molar-refractivity contribution in [1.82, 2.24) is 4.72 Å². The summed E-state index contributed by atoms with van der Waals surface area (Å²) in [7, 11) is -3.45. The van der Waals surface area contributed by atoms with Crippen LogP contribution >= 0.6 is 11.8 Å². The van der Waals surface area contributed by atoms with Crippen LogP contribution in [-0.2, 0) is 10.0 Å². The number of nitrogen functional groups attached to an aromatic ring is 1. The van der Waals surface area contributed by atoms with Crippen LogP contribution < -0.4 is 10.5 Å². The SMILES string of the molecule is CSCC(C)NS(=O)(=O)c1ccc(N)cc1C. The fourth-order valence-electron chi connectivity index (χ4n) is 1.59. The van der Waals surface area contributed by atoms with Crippen LogP contribution in [0.15, 0.2) is 23.1 Å². The monoisotopic (exact) mass is 274 g/mol. The summed E-state index contributed by atoms with van der Waals surface area (Å²) < 4.78 is 26.8. The molecule has 4 nitrogen and oxygen atoms in total. The van der Waals surface area contributed by atoms with Crippen LogP contribution in [0.4, 0.5) is 5.69 Å². The van der Waals surface area contributed by atoms with Gasteiger partial charge in [-0.2, -0.15) is 11.8 Å². The molecular formula is C11H18N2O2S2. The Bertz CT molecular complexity index is 486. The summed E-state index contributed by atoms with van der Waals surface area (Å²) in [5.41, 5.74) is 6.83. The molecule has 1 rings (SSSR count). The Morgan fingerprint density at radius 1 is 1.47 bits per heavy atom. The number of rotatable bonds is 5. The highest BCUT2D eigenvalue weighted by atomic mass is 32.2. The Morgan fingerprint density at radius 2 is 2.12 bits per heavy atom. The molecule has 0 aliphatic carbocycles. The van der Waals surface area contributed by atoms with E-state index in [1.54, 1.807) is 36.9 Å². The summed E-state index contributed by atoms with van der Waals surface area (Å²) >= 11 is 1.61. The summed E-state index contributed by atoms with van der Waals surface area (Å²) in [6.45, 7) is 3.59. The first-order valence-electron chi connectivity index (χ1n) is 5.24. The standard InChI is InChI=1S/C11H18N2O2S2/c1-8-6-10(12)4-5-11(8)17(14,15)13-9(2)7-16-3/h4-6,9,13H,7,12H2,1-3H3. The number of nitrogens with two attached hydrogens (primary N) is 1. The number of hydrogen-bond acceptors (Lipinski definition) is 4. The number of anilines is 1. The second-order valence-corrected chi connectivity index (χ2v) is 6.60. The lowest BCUT2D eigenvalue weighted by Crippen LogP contribution is -2.34. The summed E-state index contributed by atoms with van der Waals surface area (Å²) in [5, 5.41) is 0. The van der Waals surface area contributed by atoms with E-state index in [2.05, 4.69) is 4.72 Å². The molecule has 0 spiro atoms. The van der Waals surface area contributed by atoms with Crippen LogP contribution in [0.5, 0.6) is 0 Å². The number of nitrogens with one attached hydrogen (secondary N) is 1. The van der Waals surface area contributed by atoms with Gasteiger partial charge in [0.05, 0.1) is 4.90 Å². The normalized spacial score (nSPS) is 13.6. The van der Waals surface area contributed by atoms with Crippen molar-refractivity contribution in [3.63, 3.8) is 0 Å². The van der Waals surface area contributed by atoms with Crippen LogP contribution in [-0.4, -0.2) is 26.5 Å². The van der Waals surface area contributed by atoms with Gasteiger partial charge in [0.15, 0.2) is 0 Å². The molecule has 0 saturated carbocycles. The highest BCUT2D eigenvalue weighted by Gasteiger charge is 2.19. The van der Waals surface area contributed by atoms with E-state index in [-0.39, 0.29) is 6.04 Å². The van der Waals surface area contributed by atoms with Crippen molar-refractivity contribution < 1.29 is 8.42 Å². The van der Waals surface area contributed by atoms with E-state index in [0.717, 1.165) is 5.75 Å². The molecule has 0 radical (unpaired) electrons. The predicted octanol–water partition coefficient (Wildman–Crippen LogP) is 1.61. The molecule has 6 heteroatoms. The smallest absolute Gasteiger partial charge is 0.241 e. The minimum absolute atomic E-state index is 0.0908. The van der Waals surface area contributed by atoms with Crippen LogP contribution in [0.25, 0.3) is 0 Å². The first-order chi connectivity index (χ1) is 7.86. The quantitative estimate of drug-likeness (QED) is 0.800. The van der Waals surface area contributed by atoms with Gasteiger partial charge in [-0.1, -0.05) is 0 Å². The molecule has 0 saturated heterocycles. The molecule has 0 fully saturated rings. The molecule has 0 aliphatic rings. The van der Waals surface area contributed by atoms with Gasteiger partial charge in [0.25, 0.3) is 0 Å². The van der Waals surface area contributed by atoms with Crippen molar-refractivity contribution in [1.29, 1.82) is 0 Å². The predicted molar refractivity (Wildman–Crippen MR) is 73.8 cm³/mol. The maximum atomic E-state index is 12.1. The third-order valence-corrected chi connectivity index (χ3v) is 4.84. The minimum Gasteiger partial charge on any atom is -0.399 e. The first-order valence-corrected chi connectivity index (χ1v) is 8.12. The summed E-state index contributed by atoms with van der Waals surface area (Å²) in [5.74, 6) is 0.743. The van der Waals surface area contributed by atoms with Crippen LogP contribution in [0, 0.1) is 6.92 Å². The molecule has 1 aromatic rings. The zero-order valence-electron chi connectivity index (χ0n) is 10.2. The van der Waals surface area contributed by atoms with Gasteiger partial charge in [-0.25, -0.2) is 13.1 Å². The molecule has 0 bridgehead atoms. The Morgan fingerprint density at radius 3 is 2.65 bits per heavy atom. The van der Waals surface area contributed by atoms with E-state index in [4.69, 9.17) is 5.73 Å². The van der Waals surface area contributed by atoms with E-state index in [9.17, 15) is 8.42 Å². The van der Waals surface area contributed by atoms with Crippen molar-refractivity contribution in [2.45, 2.75) is 24.8 Å². The van der Waals surface area contributed by atoms with Crippen molar-refractivity contribution in [3.8, 4) is 0 Å². The maximum Gasteiger partial charge on any atom is 0.241 e. The molecule has 1 atom stereocenters. The van der Waals surface area contributed by atoms with Gasteiger partial charge in [-0.3, -0.25) is 0 Å². The number of benzene rings is 1. The second-order valence-electron chi connectivity index (χ2n) is 4.00. The van der Waals surface area contributed by atoms with Gasteiger partial charge in [0.1, 0.15) is 0 Å². The Labute approximate surface area is 107 Å². The lowest BCUT2D eigenvalue weighted by Gasteiger charge is -2.14. The number of aryl methyl sites for hydroxylation is 1. The van der Waals surface area contributed by atoms with Gasteiger partial charge in [-0.05, 0) is 43.9 Å². The van der Waals surface area contributed by atoms with E-state index in [0.29, 0.717) is 16.1 Å². The van der Waals surface area contributed by atoms with E-state index >= 15 is 0 Å². The van der Waals surface area contributed by atoms with Crippen molar-refractivity contribution in [2.75, 3.05) is 17.7 Å². The first kappa shape index (κ1) is 14.3. The van der Waals surface area contributed by atoms with Gasteiger partial charge >= 0.3 is 0 Å². The average molecular weight is 274 g/mol. The molecule has 0 aliphatic heterocycles. The lowest BCUT2D eigenvalue weighted by atomic mass is 10.2. The summed E-state index contributed by atoms with van der Waals surface area (Å²) in [4.78, 5) is 0.291. The largest absolute Gasteiger partial charge is 0.399 e. The second kappa shape index (κ2) is 5.75. The topological polar surface area (TPSA) is 72.2 Å². The third kappa shape index (κ3) is 3.90. The van der Waals surface area contributed by atoms with E-state index in [1.165, 1.54) is 0 Å². The third-order valence-electron chi connectivity index (χ3n) is 2.26. The van der Waals surface area contributed by atoms with Crippen LogP contribution in [0.2, 0.25) is 0 Å². The molecule has 17 heavy (non-hydrogen) atoms. The Balaban J connectivity index is 2.97. The van der Waals surface area contributed by atoms with Gasteiger partial charge in [0, 0.05) is 17.5 Å². The molecule has 96 valence electrons. The Hall–Kier alpha value is -0.720. The number of hydrogen-bond donors (Lipinski definition) is 2. The fourth-order valence-corrected chi connectivity index (χ4v) is 3.75. The van der Waals surface area contributed by atoms with Crippen molar-refractivity contribution >= 4 is 27.5 Å². The van der Waals surface area contributed by atoms with E-state index in [1.807, 2.05) is 13.2 Å². The van der Waals surface area contributed by atoms with Crippen molar-refractivity contribution in [2.24, 2.45) is 0 Å². The average Bonchev–Trinajstić information content (AvgIpc) is 2.15. The number of thioether (sulfide) groups is 1. The maximum absolute atomic E-state index is 12.1. The minimum atomic E-state index is -3.45. The zero-order chi connectivity index (χ0) is 13.1. The molecule has 3 N–H and O–H groups in total. The molecule has 0 amide bonds. The lowest BCUT2D eigenvalue weighted by molar-refractivity contribution is 0.570. The van der Waals surface area contributed by atoms with E-state index < -0.39 is 10.0 Å². The summed E-state index contributed by atoms with van der Waals surface area (Å²) in [6, 6.07) is 4.71. The van der Waals surface area contributed by atoms with Crippen LogP contribution in [0.1, 0.15) is 12.5 Å². The van der Waals surface area contributed by atoms with Gasteiger partial charge in [0.2, 0.25) is 10.0 Å². The highest BCUT2D eigenvalue weighted by Crippen LogP contribution is 2.18. The fraction of sp³-hybridized carbons (Fsp3) is 0.455. The highest BCUT2D eigenvalue weighted by molar-refractivity contribution is 7.98. The Kier molecular flexibility index (Phi) is 4.85. The van der Waals surface area contributed by atoms with Gasteiger partial charge < -0.3 is 5.73 Å². The van der Waals surface area contributed by atoms with Crippen molar-refractivity contribution in [3.05, 3.63) is 23.8 Å². The van der Waals surface area contributed by atoms with Crippen LogP contribution in [0.3, 0.4) is 0 Å². The van der Waals surface area contributed by atoms with Gasteiger partial charge in [-0.15, -0.1) is 0 Å². The molecule has 1 unspecified atom stereocenters. The molecule has 0 heterocycles. The number of sulfonamides is 1. The summed E-state index contributed by atoms with van der Waals surface area (Å²) in [6.07, 6.45) is 1.94. The molecule has 0 aromatic heterocycles.